The van der Waals surface area contributed by atoms with E-state index in [1.807, 2.05) is 29.6 Å². The number of nitrogens with zero attached hydrogens (tertiary/aromatic N) is 2. The molecule has 5 nitrogen and oxygen atoms in total. The first-order valence-electron chi connectivity index (χ1n) is 7.50. The number of hydrogen-bond acceptors (Lipinski definition) is 5. The van der Waals surface area contributed by atoms with Crippen molar-refractivity contribution >= 4 is 21.6 Å². The molecule has 0 aliphatic carbocycles. The Labute approximate surface area is 137 Å². The van der Waals surface area contributed by atoms with Gasteiger partial charge in [0.1, 0.15) is 23.3 Å². The third kappa shape index (κ3) is 3.60. The van der Waals surface area contributed by atoms with Crippen LogP contribution in [-0.4, -0.2) is 27.4 Å². The number of aliphatic hydroxyl groups excluding tert-OH is 1. The fourth-order valence-electron chi connectivity index (χ4n) is 2.35. The summed E-state index contributed by atoms with van der Waals surface area (Å²) in [5.41, 5.74) is 1.04. The first-order chi connectivity index (χ1) is 11.2. The molecule has 2 heterocycles. The van der Waals surface area contributed by atoms with Crippen LogP contribution < -0.4 is 10.3 Å². The van der Waals surface area contributed by atoms with Gasteiger partial charge in [-0.1, -0.05) is 19.1 Å². The van der Waals surface area contributed by atoms with Crippen molar-refractivity contribution in [1.82, 2.24) is 9.55 Å². The van der Waals surface area contributed by atoms with Gasteiger partial charge in [0.15, 0.2) is 0 Å². The van der Waals surface area contributed by atoms with Crippen LogP contribution in [0.2, 0.25) is 0 Å². The number of aliphatic hydroxyl groups is 1. The number of fused-ring (bicyclic) bond motifs is 1. The Bertz CT molecular complexity index is 856. The minimum Gasteiger partial charge on any atom is -0.491 e. The fourth-order valence-corrected chi connectivity index (χ4v) is 3.07. The van der Waals surface area contributed by atoms with Crippen LogP contribution in [0.1, 0.15) is 12.5 Å². The Morgan fingerprint density at radius 1 is 1.39 bits per heavy atom. The molecule has 0 saturated heterocycles. The van der Waals surface area contributed by atoms with Crippen LogP contribution in [-0.2, 0) is 13.0 Å². The quantitative estimate of drug-likeness (QED) is 0.754. The van der Waals surface area contributed by atoms with E-state index >= 15 is 0 Å². The number of hydrogen-bond donors (Lipinski definition) is 1. The van der Waals surface area contributed by atoms with Crippen molar-refractivity contribution < 1.29 is 9.84 Å². The van der Waals surface area contributed by atoms with Crippen LogP contribution in [0, 0.1) is 0 Å². The standard InChI is InChI=1S/C17H18N2O3S/c1-2-12-4-3-5-14(8-12)22-10-13(20)9-19-11-18-16-15(17(19)21)6-7-23-16/h3-8,11,13,20H,2,9-10H2,1H3/t13-/m1/s1. The van der Waals surface area contributed by atoms with Gasteiger partial charge in [-0.25, -0.2) is 4.98 Å². The maximum atomic E-state index is 12.3. The second kappa shape index (κ2) is 6.93. The summed E-state index contributed by atoms with van der Waals surface area (Å²) in [4.78, 5) is 17.2. The molecule has 0 aliphatic heterocycles. The third-order valence-corrected chi connectivity index (χ3v) is 4.43. The van der Waals surface area contributed by atoms with E-state index in [0.29, 0.717) is 10.2 Å². The van der Waals surface area contributed by atoms with Crippen LogP contribution >= 0.6 is 11.3 Å². The largest absolute Gasteiger partial charge is 0.491 e. The van der Waals surface area contributed by atoms with Gasteiger partial charge in [0, 0.05) is 0 Å². The van der Waals surface area contributed by atoms with Crippen molar-refractivity contribution in [3.8, 4) is 5.75 Å². The number of benzene rings is 1. The van der Waals surface area contributed by atoms with Gasteiger partial charge in [-0.05, 0) is 35.6 Å². The van der Waals surface area contributed by atoms with Gasteiger partial charge in [0.25, 0.3) is 5.56 Å². The van der Waals surface area contributed by atoms with E-state index in [1.165, 1.54) is 27.8 Å². The van der Waals surface area contributed by atoms with E-state index in [9.17, 15) is 9.90 Å². The fraction of sp³-hybridized carbons (Fsp3) is 0.294. The monoisotopic (exact) mass is 330 g/mol. The lowest BCUT2D eigenvalue weighted by molar-refractivity contribution is 0.0914. The summed E-state index contributed by atoms with van der Waals surface area (Å²) in [5.74, 6) is 0.724. The highest BCUT2D eigenvalue weighted by atomic mass is 32.1. The molecule has 3 aromatic rings. The summed E-state index contributed by atoms with van der Waals surface area (Å²) in [7, 11) is 0. The van der Waals surface area contributed by atoms with Crippen LogP contribution in [0.5, 0.6) is 5.75 Å². The van der Waals surface area contributed by atoms with E-state index in [0.717, 1.165) is 12.2 Å². The van der Waals surface area contributed by atoms with Crippen LogP contribution in [0.25, 0.3) is 10.2 Å². The Balaban J connectivity index is 1.65. The van der Waals surface area contributed by atoms with E-state index in [4.69, 9.17) is 4.74 Å². The highest BCUT2D eigenvalue weighted by Gasteiger charge is 2.11. The van der Waals surface area contributed by atoms with Crippen LogP contribution in [0.3, 0.4) is 0 Å². The van der Waals surface area contributed by atoms with Crippen molar-refractivity contribution in [2.75, 3.05) is 6.61 Å². The summed E-state index contributed by atoms with van der Waals surface area (Å²) in [6, 6.07) is 9.53. The minimum atomic E-state index is -0.782. The van der Waals surface area contributed by atoms with Crippen molar-refractivity contribution in [1.29, 1.82) is 0 Å². The number of rotatable bonds is 6. The van der Waals surface area contributed by atoms with Crippen LogP contribution in [0.15, 0.2) is 46.8 Å². The molecular weight excluding hydrogens is 312 g/mol. The van der Waals surface area contributed by atoms with Crippen molar-refractivity contribution in [3.63, 3.8) is 0 Å². The summed E-state index contributed by atoms with van der Waals surface area (Å²) in [5, 5.41) is 12.5. The molecule has 0 fully saturated rings. The average molecular weight is 330 g/mol. The highest BCUT2D eigenvalue weighted by Crippen LogP contribution is 2.15. The molecule has 0 bridgehead atoms. The SMILES string of the molecule is CCc1cccc(OC[C@H](O)Cn2cnc3sccc3c2=O)c1. The van der Waals surface area contributed by atoms with Gasteiger partial charge in [-0.3, -0.25) is 9.36 Å². The topological polar surface area (TPSA) is 64.3 Å². The van der Waals surface area contributed by atoms with E-state index < -0.39 is 6.10 Å². The summed E-state index contributed by atoms with van der Waals surface area (Å²) in [6.45, 7) is 2.36. The summed E-state index contributed by atoms with van der Waals surface area (Å²) < 4.78 is 7.03. The Morgan fingerprint density at radius 3 is 3.09 bits per heavy atom. The van der Waals surface area contributed by atoms with Crippen LogP contribution in [0.4, 0.5) is 0 Å². The molecule has 0 aliphatic rings. The zero-order valence-corrected chi connectivity index (χ0v) is 13.6. The number of thiophene rings is 1. The van der Waals surface area contributed by atoms with Gasteiger partial charge in [0.2, 0.25) is 0 Å². The van der Waals surface area contributed by atoms with Gasteiger partial charge >= 0.3 is 0 Å². The molecule has 1 aromatic carbocycles. The average Bonchev–Trinajstić information content (AvgIpc) is 3.05. The van der Waals surface area contributed by atoms with Gasteiger partial charge in [-0.2, -0.15) is 0 Å². The normalized spacial score (nSPS) is 12.4. The first kappa shape index (κ1) is 15.7. The lowest BCUT2D eigenvalue weighted by Gasteiger charge is -2.14. The summed E-state index contributed by atoms with van der Waals surface area (Å²) >= 11 is 1.43. The number of ether oxygens (including phenoxy) is 1. The molecule has 0 saturated carbocycles. The van der Waals surface area contributed by atoms with E-state index in [2.05, 4.69) is 11.9 Å². The predicted molar refractivity (Wildman–Crippen MR) is 91.2 cm³/mol. The molecule has 120 valence electrons. The van der Waals surface area contributed by atoms with Crippen molar-refractivity contribution in [2.24, 2.45) is 0 Å². The second-order valence-corrected chi connectivity index (χ2v) is 6.20. The molecule has 2 aromatic heterocycles. The molecule has 3 rings (SSSR count). The molecule has 0 radical (unpaired) electrons. The number of aromatic nitrogens is 2. The Hall–Kier alpha value is -2.18. The Kier molecular flexibility index (Phi) is 4.73. The molecule has 1 atom stereocenters. The maximum Gasteiger partial charge on any atom is 0.262 e. The van der Waals surface area contributed by atoms with Gasteiger partial charge < -0.3 is 9.84 Å². The molecule has 1 N–H and O–H groups in total. The van der Waals surface area contributed by atoms with Gasteiger partial charge in [-0.15, -0.1) is 11.3 Å². The zero-order chi connectivity index (χ0) is 16.2. The molecule has 6 heteroatoms. The zero-order valence-electron chi connectivity index (χ0n) is 12.8. The van der Waals surface area contributed by atoms with E-state index in [-0.39, 0.29) is 18.7 Å². The molecule has 0 spiro atoms. The first-order valence-corrected chi connectivity index (χ1v) is 8.37. The third-order valence-electron chi connectivity index (χ3n) is 3.61. The summed E-state index contributed by atoms with van der Waals surface area (Å²) in [6.07, 6.45) is 1.62. The molecule has 0 unspecified atom stereocenters. The molecular formula is C17H18N2O3S. The molecule has 23 heavy (non-hydrogen) atoms. The highest BCUT2D eigenvalue weighted by molar-refractivity contribution is 7.16. The lowest BCUT2D eigenvalue weighted by atomic mass is 10.2. The minimum absolute atomic E-state index is 0.126. The number of aryl methyl sites for hydroxylation is 1. The second-order valence-electron chi connectivity index (χ2n) is 5.31. The Morgan fingerprint density at radius 2 is 2.26 bits per heavy atom. The smallest absolute Gasteiger partial charge is 0.262 e. The van der Waals surface area contributed by atoms with Crippen molar-refractivity contribution in [3.05, 3.63) is 58.0 Å². The van der Waals surface area contributed by atoms with Crippen molar-refractivity contribution in [2.45, 2.75) is 26.0 Å². The van der Waals surface area contributed by atoms with Gasteiger partial charge in [0.05, 0.1) is 18.3 Å². The molecule has 0 amide bonds. The lowest BCUT2D eigenvalue weighted by Crippen LogP contribution is -2.30. The predicted octanol–water partition coefficient (Wildman–Crippen LogP) is 2.46. The maximum absolute atomic E-state index is 12.3. The van der Waals surface area contributed by atoms with E-state index in [1.54, 1.807) is 6.07 Å².